The zero-order valence-electron chi connectivity index (χ0n) is 12.6. The van der Waals surface area contributed by atoms with Crippen molar-refractivity contribution in [1.29, 1.82) is 0 Å². The van der Waals surface area contributed by atoms with Crippen LogP contribution < -0.4 is 10.2 Å². The van der Waals surface area contributed by atoms with E-state index in [1.807, 2.05) is 19.9 Å². The van der Waals surface area contributed by atoms with Crippen molar-refractivity contribution in [3.8, 4) is 5.75 Å². The third-order valence-electron chi connectivity index (χ3n) is 2.67. The molecule has 0 amide bonds. The van der Waals surface area contributed by atoms with Gasteiger partial charge in [0.15, 0.2) is 6.61 Å². The monoisotopic (exact) mass is 334 g/mol. The van der Waals surface area contributed by atoms with E-state index >= 15 is 0 Å². The number of halogens is 1. The molecular formula is C15H15ClN4O3. The fourth-order valence-corrected chi connectivity index (χ4v) is 2.04. The fourth-order valence-electron chi connectivity index (χ4n) is 1.79. The molecular weight excluding hydrogens is 320 g/mol. The zero-order valence-corrected chi connectivity index (χ0v) is 13.3. The highest BCUT2D eigenvalue weighted by atomic mass is 35.5. The molecule has 0 unspecified atom stereocenters. The Morgan fingerprint density at radius 3 is 2.65 bits per heavy atom. The second-order valence-corrected chi connectivity index (χ2v) is 5.12. The van der Waals surface area contributed by atoms with Gasteiger partial charge in [-0.05, 0) is 43.7 Å². The number of ether oxygens (including phenoxy) is 1. The van der Waals surface area contributed by atoms with E-state index in [-0.39, 0.29) is 0 Å². The molecule has 7 nitrogen and oxygen atoms in total. The Bertz CT molecular complexity index is 729. The fraction of sp³-hybridized carbons (Fsp3) is 0.200. The van der Waals surface area contributed by atoms with Crippen LogP contribution in [0.3, 0.4) is 0 Å². The number of nitrogens with one attached hydrogen (secondary N) is 1. The zero-order chi connectivity index (χ0) is 16.8. The van der Waals surface area contributed by atoms with Crippen LogP contribution in [-0.2, 0) is 4.79 Å². The number of rotatable bonds is 6. The average Bonchev–Trinajstić information content (AvgIpc) is 2.45. The van der Waals surface area contributed by atoms with Crippen molar-refractivity contribution in [3.05, 3.63) is 46.2 Å². The first-order valence-electron chi connectivity index (χ1n) is 6.69. The molecule has 0 saturated carbocycles. The Balaban J connectivity index is 2.02. The van der Waals surface area contributed by atoms with Gasteiger partial charge in [0.2, 0.25) is 5.95 Å². The molecule has 0 bridgehead atoms. The number of nitrogens with zero attached hydrogens (tertiary/aromatic N) is 3. The maximum absolute atomic E-state index is 10.5. The molecule has 0 aliphatic rings. The lowest BCUT2D eigenvalue weighted by Crippen LogP contribution is -2.09. The normalized spacial score (nSPS) is 10.7. The van der Waals surface area contributed by atoms with E-state index in [0.29, 0.717) is 16.7 Å². The first-order chi connectivity index (χ1) is 10.9. The minimum Gasteiger partial charge on any atom is -0.480 e. The molecule has 8 heteroatoms. The molecule has 23 heavy (non-hydrogen) atoms. The molecule has 0 saturated heterocycles. The Hall–Kier alpha value is -2.67. The third kappa shape index (κ3) is 5.23. The molecule has 2 N–H and O–H groups in total. The van der Waals surface area contributed by atoms with Crippen molar-refractivity contribution >= 4 is 29.7 Å². The van der Waals surface area contributed by atoms with E-state index in [1.54, 1.807) is 24.4 Å². The summed E-state index contributed by atoms with van der Waals surface area (Å²) >= 11 is 6.03. The van der Waals surface area contributed by atoms with Gasteiger partial charge in [-0.1, -0.05) is 11.6 Å². The van der Waals surface area contributed by atoms with Gasteiger partial charge in [-0.15, -0.1) is 0 Å². The molecule has 120 valence electrons. The molecule has 0 aliphatic carbocycles. The SMILES string of the molecule is Cc1cc(C)nc(N/N=C/c2ccc(OCC(=O)O)c(Cl)c2)n1. The number of anilines is 1. The molecule has 1 heterocycles. The lowest BCUT2D eigenvalue weighted by molar-refractivity contribution is -0.139. The summed E-state index contributed by atoms with van der Waals surface area (Å²) < 4.78 is 5.04. The quantitative estimate of drug-likeness (QED) is 0.622. The van der Waals surface area contributed by atoms with Gasteiger partial charge in [-0.3, -0.25) is 0 Å². The maximum Gasteiger partial charge on any atom is 0.341 e. The second-order valence-electron chi connectivity index (χ2n) is 4.72. The first kappa shape index (κ1) is 16.7. The number of hydrogen-bond acceptors (Lipinski definition) is 6. The summed E-state index contributed by atoms with van der Waals surface area (Å²) in [4.78, 5) is 18.9. The summed E-state index contributed by atoms with van der Waals surface area (Å²) in [5.41, 5.74) is 5.15. The molecule has 2 rings (SSSR count). The van der Waals surface area contributed by atoms with Crippen LogP contribution in [0.2, 0.25) is 5.02 Å². The van der Waals surface area contributed by atoms with Crippen LogP contribution in [0.1, 0.15) is 17.0 Å². The number of carbonyl (C=O) groups is 1. The lowest BCUT2D eigenvalue weighted by Gasteiger charge is -2.06. The topological polar surface area (TPSA) is 96.7 Å². The Morgan fingerprint density at radius 2 is 2.04 bits per heavy atom. The number of carboxylic acids is 1. The minimum atomic E-state index is -1.07. The number of aryl methyl sites for hydroxylation is 2. The minimum absolute atomic E-state index is 0.303. The van der Waals surface area contributed by atoms with Gasteiger partial charge in [0.1, 0.15) is 5.75 Å². The van der Waals surface area contributed by atoms with Gasteiger partial charge in [-0.25, -0.2) is 20.2 Å². The summed E-state index contributed by atoms with van der Waals surface area (Å²) in [7, 11) is 0. The van der Waals surface area contributed by atoms with Crippen LogP contribution in [0.4, 0.5) is 5.95 Å². The van der Waals surface area contributed by atoms with E-state index in [4.69, 9.17) is 21.4 Å². The average molecular weight is 335 g/mol. The van der Waals surface area contributed by atoms with Crippen molar-refractivity contribution in [2.45, 2.75) is 13.8 Å². The van der Waals surface area contributed by atoms with Crippen LogP contribution in [0, 0.1) is 13.8 Å². The highest BCUT2D eigenvalue weighted by Crippen LogP contribution is 2.24. The summed E-state index contributed by atoms with van der Waals surface area (Å²) in [6.07, 6.45) is 1.55. The molecule has 2 aromatic rings. The Labute approximate surface area is 138 Å². The van der Waals surface area contributed by atoms with E-state index in [2.05, 4.69) is 20.5 Å². The van der Waals surface area contributed by atoms with Gasteiger partial charge < -0.3 is 9.84 Å². The van der Waals surface area contributed by atoms with Gasteiger partial charge in [-0.2, -0.15) is 5.10 Å². The van der Waals surface area contributed by atoms with Crippen molar-refractivity contribution in [3.63, 3.8) is 0 Å². The lowest BCUT2D eigenvalue weighted by atomic mass is 10.2. The molecule has 0 radical (unpaired) electrons. The van der Waals surface area contributed by atoms with Crippen molar-refractivity contribution in [2.75, 3.05) is 12.0 Å². The molecule has 0 fully saturated rings. The Morgan fingerprint density at radius 1 is 1.35 bits per heavy atom. The molecule has 1 aromatic carbocycles. The summed E-state index contributed by atoms with van der Waals surface area (Å²) in [5, 5.41) is 12.9. The summed E-state index contributed by atoms with van der Waals surface area (Å²) in [6.45, 7) is 3.30. The van der Waals surface area contributed by atoms with Crippen LogP contribution in [-0.4, -0.2) is 33.9 Å². The van der Waals surface area contributed by atoms with Crippen LogP contribution in [0.15, 0.2) is 29.4 Å². The Kier molecular flexibility index (Phi) is 5.48. The van der Waals surface area contributed by atoms with E-state index in [1.165, 1.54) is 0 Å². The van der Waals surface area contributed by atoms with Gasteiger partial charge in [0, 0.05) is 11.4 Å². The van der Waals surface area contributed by atoms with E-state index in [9.17, 15) is 4.79 Å². The van der Waals surface area contributed by atoms with Gasteiger partial charge in [0.05, 0.1) is 11.2 Å². The largest absolute Gasteiger partial charge is 0.480 e. The van der Waals surface area contributed by atoms with Crippen molar-refractivity contribution < 1.29 is 14.6 Å². The number of aliphatic carboxylic acids is 1. The van der Waals surface area contributed by atoms with Crippen LogP contribution in [0.5, 0.6) is 5.75 Å². The summed E-state index contributed by atoms with van der Waals surface area (Å²) in [6, 6.07) is 6.77. The predicted molar refractivity (Wildman–Crippen MR) is 87.3 cm³/mol. The van der Waals surface area contributed by atoms with E-state index in [0.717, 1.165) is 17.0 Å². The first-order valence-corrected chi connectivity index (χ1v) is 7.07. The highest BCUT2D eigenvalue weighted by molar-refractivity contribution is 6.32. The van der Waals surface area contributed by atoms with Crippen molar-refractivity contribution in [1.82, 2.24) is 9.97 Å². The summed E-state index contributed by atoms with van der Waals surface area (Å²) in [5.74, 6) is -0.354. The van der Waals surface area contributed by atoms with Crippen LogP contribution >= 0.6 is 11.6 Å². The number of hydrazone groups is 1. The standard InChI is InChI=1S/C15H15ClN4O3/c1-9-5-10(2)19-15(18-9)20-17-7-11-3-4-13(12(16)6-11)23-8-14(21)22/h3-7H,8H2,1-2H3,(H,21,22)(H,18,19,20)/b17-7+. The van der Waals surface area contributed by atoms with Crippen molar-refractivity contribution in [2.24, 2.45) is 5.10 Å². The highest BCUT2D eigenvalue weighted by Gasteiger charge is 2.05. The third-order valence-corrected chi connectivity index (χ3v) is 2.96. The van der Waals surface area contributed by atoms with Crippen LogP contribution in [0.25, 0.3) is 0 Å². The maximum atomic E-state index is 10.5. The number of aromatic nitrogens is 2. The second kappa shape index (κ2) is 7.55. The molecule has 0 atom stereocenters. The molecule has 1 aromatic heterocycles. The van der Waals surface area contributed by atoms with Gasteiger partial charge >= 0.3 is 5.97 Å². The van der Waals surface area contributed by atoms with Gasteiger partial charge in [0.25, 0.3) is 0 Å². The molecule has 0 aliphatic heterocycles. The predicted octanol–water partition coefficient (Wildman–Crippen LogP) is 2.66. The number of hydrogen-bond donors (Lipinski definition) is 2. The number of carboxylic acid groups (broad SMARTS) is 1. The van der Waals surface area contributed by atoms with E-state index < -0.39 is 12.6 Å². The smallest absolute Gasteiger partial charge is 0.341 e. The number of benzene rings is 1. The molecule has 0 spiro atoms.